The van der Waals surface area contributed by atoms with Crippen LogP contribution in [-0.2, 0) is 6.54 Å². The van der Waals surface area contributed by atoms with E-state index in [4.69, 9.17) is 9.47 Å². The van der Waals surface area contributed by atoms with Crippen LogP contribution in [0.25, 0.3) is 11.1 Å². The number of alkyl halides is 3. The van der Waals surface area contributed by atoms with E-state index in [0.717, 1.165) is 11.1 Å². The molecule has 0 radical (unpaired) electrons. The fraction of sp³-hybridized carbons (Fsp3) is 0.250. The van der Waals surface area contributed by atoms with Gasteiger partial charge in [0.1, 0.15) is 24.3 Å². The van der Waals surface area contributed by atoms with E-state index >= 15 is 0 Å². The molecule has 1 aliphatic heterocycles. The number of fused-ring (bicyclic) bond motifs is 1. The van der Waals surface area contributed by atoms with Crippen molar-refractivity contribution in [2.24, 2.45) is 5.92 Å². The summed E-state index contributed by atoms with van der Waals surface area (Å²) in [5.41, 5.74) is 1.54. The molecule has 1 aromatic heterocycles. The summed E-state index contributed by atoms with van der Waals surface area (Å²) in [6, 6.07) is 12.9. The molecule has 1 unspecified atom stereocenters. The van der Waals surface area contributed by atoms with Gasteiger partial charge in [0.05, 0.1) is 6.61 Å². The number of benzene rings is 2. The molecule has 8 nitrogen and oxygen atoms in total. The lowest BCUT2D eigenvalue weighted by Gasteiger charge is -2.22. The van der Waals surface area contributed by atoms with Crippen LogP contribution in [-0.4, -0.2) is 34.1 Å². The van der Waals surface area contributed by atoms with Crippen molar-refractivity contribution in [2.75, 3.05) is 13.2 Å². The van der Waals surface area contributed by atoms with Gasteiger partial charge >= 0.3 is 18.2 Å². The second kappa shape index (κ2) is 8.17. The maximum atomic E-state index is 12.2. The van der Waals surface area contributed by atoms with Crippen LogP contribution in [0.15, 0.2) is 54.7 Å². The first-order chi connectivity index (χ1) is 14.8. The van der Waals surface area contributed by atoms with Gasteiger partial charge in [-0.25, -0.2) is 0 Å². The summed E-state index contributed by atoms with van der Waals surface area (Å²) >= 11 is 0. The molecule has 0 aliphatic carbocycles. The Bertz CT molecular complexity index is 1070. The summed E-state index contributed by atoms with van der Waals surface area (Å²) in [6.07, 6.45) is -3.39. The lowest BCUT2D eigenvalue weighted by atomic mass is 10.1. The van der Waals surface area contributed by atoms with Gasteiger partial charge < -0.3 is 24.3 Å². The second-order valence-electron chi connectivity index (χ2n) is 6.88. The Balaban J connectivity index is 1.33. The third-order valence-corrected chi connectivity index (χ3v) is 4.58. The fourth-order valence-corrected chi connectivity index (χ4v) is 3.15. The molecule has 0 fully saturated rings. The maximum Gasteiger partial charge on any atom is 0.573 e. The first kappa shape index (κ1) is 20.5. The zero-order valence-corrected chi connectivity index (χ0v) is 15.9. The maximum absolute atomic E-state index is 12.2. The Morgan fingerprint density at radius 3 is 2.29 bits per heavy atom. The van der Waals surface area contributed by atoms with Crippen LogP contribution in [0.1, 0.15) is 0 Å². The number of rotatable bonds is 6. The molecule has 4 rings (SSSR count). The minimum absolute atomic E-state index is 0.0119. The number of halogens is 3. The Hall–Kier alpha value is -3.76. The molecule has 11 heteroatoms. The Labute approximate surface area is 173 Å². The van der Waals surface area contributed by atoms with E-state index in [1.165, 1.54) is 30.5 Å². The number of hydrogen-bond acceptors (Lipinski definition) is 6. The topological polar surface area (TPSA) is 88.7 Å². The van der Waals surface area contributed by atoms with Crippen molar-refractivity contribution >= 4 is 5.82 Å². The van der Waals surface area contributed by atoms with E-state index in [-0.39, 0.29) is 23.5 Å². The molecule has 31 heavy (non-hydrogen) atoms. The Morgan fingerprint density at radius 1 is 1.10 bits per heavy atom. The lowest BCUT2D eigenvalue weighted by Crippen LogP contribution is -2.29. The number of ether oxygens (including phenoxy) is 3. The van der Waals surface area contributed by atoms with Crippen molar-refractivity contribution in [3.63, 3.8) is 0 Å². The van der Waals surface area contributed by atoms with Gasteiger partial charge in [0.15, 0.2) is 0 Å². The predicted molar refractivity (Wildman–Crippen MR) is 102 cm³/mol. The van der Waals surface area contributed by atoms with E-state index < -0.39 is 11.3 Å². The highest BCUT2D eigenvalue weighted by atomic mass is 19.4. The molecule has 0 amide bonds. The van der Waals surface area contributed by atoms with E-state index in [2.05, 4.69) is 9.72 Å². The molecule has 2 aromatic carbocycles. The molecule has 1 atom stereocenters. The van der Waals surface area contributed by atoms with Crippen molar-refractivity contribution < 1.29 is 32.3 Å². The summed E-state index contributed by atoms with van der Waals surface area (Å²) in [5, 5.41) is 10.8. The van der Waals surface area contributed by atoms with E-state index in [1.807, 2.05) is 0 Å². The number of aromatic nitrogens is 2. The van der Waals surface area contributed by atoms with Crippen molar-refractivity contribution in [3.05, 3.63) is 64.8 Å². The normalized spacial score (nSPS) is 15.6. The molecule has 2 heterocycles. The van der Waals surface area contributed by atoms with Crippen molar-refractivity contribution in [2.45, 2.75) is 12.9 Å². The smallest absolute Gasteiger partial charge is 0.493 e. The molecule has 0 bridgehead atoms. The summed E-state index contributed by atoms with van der Waals surface area (Å²) in [7, 11) is 0. The van der Waals surface area contributed by atoms with Gasteiger partial charge in [0.25, 0.3) is 0 Å². The molecular weight excluding hydrogens is 419 g/mol. The fourth-order valence-electron chi connectivity index (χ4n) is 3.15. The molecule has 0 spiro atoms. The molecule has 3 aromatic rings. The predicted octanol–water partition coefficient (Wildman–Crippen LogP) is 4.44. The summed E-state index contributed by atoms with van der Waals surface area (Å²) in [4.78, 5) is 14.0. The largest absolute Gasteiger partial charge is 0.573 e. The van der Waals surface area contributed by atoms with Gasteiger partial charge in [-0.1, -0.05) is 24.3 Å². The molecule has 1 aliphatic rings. The average molecular weight is 435 g/mol. The third-order valence-electron chi connectivity index (χ3n) is 4.58. The monoisotopic (exact) mass is 435 g/mol. The van der Waals surface area contributed by atoms with Crippen LogP contribution in [0, 0.1) is 16.0 Å². The van der Waals surface area contributed by atoms with Gasteiger partial charge in [-0.3, -0.25) is 4.57 Å². The standard InChI is InChI=1S/C20H16F3N3O5/c21-20(22,23)31-17-7-3-15(4-8-17)14-1-5-16(6-2-14)29-11-13-9-25-10-18(26(27)28)24-19(25)30-12-13/h1-8,10,13H,9,11-12H2. The molecule has 0 N–H and O–H groups in total. The van der Waals surface area contributed by atoms with E-state index in [0.29, 0.717) is 25.5 Å². The van der Waals surface area contributed by atoms with Crippen molar-refractivity contribution in [3.8, 4) is 28.6 Å². The molecule has 162 valence electrons. The van der Waals surface area contributed by atoms with Gasteiger partial charge in [0.2, 0.25) is 0 Å². The van der Waals surface area contributed by atoms with E-state index in [9.17, 15) is 23.3 Å². The summed E-state index contributed by atoms with van der Waals surface area (Å²) < 4.78 is 53.4. The zero-order valence-electron chi connectivity index (χ0n) is 15.9. The zero-order chi connectivity index (χ0) is 22.0. The van der Waals surface area contributed by atoms with Crippen LogP contribution < -0.4 is 14.2 Å². The molecule has 0 saturated heterocycles. The summed E-state index contributed by atoms with van der Waals surface area (Å²) in [6.45, 7) is 1.16. The minimum atomic E-state index is -4.72. The van der Waals surface area contributed by atoms with Gasteiger partial charge in [0, 0.05) is 17.4 Å². The number of nitro groups is 1. The minimum Gasteiger partial charge on any atom is -0.493 e. The molecular formula is C20H16F3N3O5. The van der Waals surface area contributed by atoms with E-state index in [1.54, 1.807) is 28.8 Å². The number of hydrogen-bond donors (Lipinski definition) is 0. The Morgan fingerprint density at radius 2 is 1.71 bits per heavy atom. The first-order valence-corrected chi connectivity index (χ1v) is 9.20. The summed E-state index contributed by atoms with van der Waals surface area (Å²) in [5.74, 6) is 0.0628. The Kier molecular flexibility index (Phi) is 5.40. The van der Waals surface area contributed by atoms with Crippen LogP contribution >= 0.6 is 0 Å². The average Bonchev–Trinajstić information content (AvgIpc) is 3.16. The van der Waals surface area contributed by atoms with Crippen LogP contribution in [0.3, 0.4) is 0 Å². The lowest BCUT2D eigenvalue weighted by molar-refractivity contribution is -0.389. The third kappa shape index (κ3) is 5.05. The number of nitrogens with zero attached hydrogens (tertiary/aromatic N) is 3. The van der Waals surface area contributed by atoms with Crippen LogP contribution in [0.2, 0.25) is 0 Å². The highest BCUT2D eigenvalue weighted by Crippen LogP contribution is 2.28. The van der Waals surface area contributed by atoms with Crippen LogP contribution in [0.5, 0.6) is 17.5 Å². The second-order valence-corrected chi connectivity index (χ2v) is 6.88. The highest BCUT2D eigenvalue weighted by molar-refractivity contribution is 5.64. The number of imidazole rings is 1. The van der Waals surface area contributed by atoms with Crippen molar-refractivity contribution in [1.82, 2.24) is 9.55 Å². The molecule has 0 saturated carbocycles. The van der Waals surface area contributed by atoms with Gasteiger partial charge in [-0.05, 0) is 40.3 Å². The highest BCUT2D eigenvalue weighted by Gasteiger charge is 2.31. The van der Waals surface area contributed by atoms with Gasteiger partial charge in [-0.15, -0.1) is 13.2 Å². The van der Waals surface area contributed by atoms with Crippen LogP contribution in [0.4, 0.5) is 19.0 Å². The first-order valence-electron chi connectivity index (χ1n) is 9.20. The van der Waals surface area contributed by atoms with Gasteiger partial charge in [-0.2, -0.15) is 0 Å². The van der Waals surface area contributed by atoms with Crippen molar-refractivity contribution in [1.29, 1.82) is 0 Å². The quantitative estimate of drug-likeness (QED) is 0.420. The SMILES string of the molecule is O=[N+]([O-])c1cn2c(n1)OCC(COc1ccc(-c3ccc(OC(F)(F)F)cc3)cc1)C2.